The highest BCUT2D eigenvalue weighted by atomic mass is 35.5. The minimum Gasteiger partial charge on any atom is -0.482 e. The zero-order chi connectivity index (χ0) is 20.7. The van der Waals surface area contributed by atoms with E-state index in [9.17, 15) is 19.7 Å². The first-order valence-electron chi connectivity index (χ1n) is 8.39. The number of rotatable bonds is 8. The van der Waals surface area contributed by atoms with E-state index in [0.717, 1.165) is 5.56 Å². The number of nitro benzene ring substituents is 1. The van der Waals surface area contributed by atoms with E-state index >= 15 is 0 Å². The molecule has 0 aliphatic heterocycles. The van der Waals surface area contributed by atoms with Gasteiger partial charge in [0, 0.05) is 11.1 Å². The Balaban J connectivity index is 1.88. The molecule has 0 heterocycles. The number of benzene rings is 2. The van der Waals surface area contributed by atoms with Crippen molar-refractivity contribution in [2.45, 2.75) is 19.8 Å². The third-order valence-corrected chi connectivity index (χ3v) is 3.92. The number of carbonyl (C=O) groups is 2. The first-order valence-corrected chi connectivity index (χ1v) is 8.77. The van der Waals surface area contributed by atoms with Gasteiger partial charge in [-0.15, -0.1) is 0 Å². The number of halogens is 1. The normalized spacial score (nSPS) is 10.4. The molecule has 148 valence electrons. The van der Waals surface area contributed by atoms with Crippen molar-refractivity contribution < 1.29 is 24.0 Å². The monoisotopic (exact) mass is 406 g/mol. The summed E-state index contributed by atoms with van der Waals surface area (Å²) in [4.78, 5) is 34.1. The molecule has 0 saturated heterocycles. The molecule has 0 atom stereocenters. The second-order valence-corrected chi connectivity index (χ2v) is 6.55. The van der Waals surface area contributed by atoms with Crippen LogP contribution in [0.25, 0.3) is 0 Å². The molecule has 0 bridgehead atoms. The molecule has 0 fully saturated rings. The zero-order valence-corrected chi connectivity index (χ0v) is 16.1. The summed E-state index contributed by atoms with van der Waals surface area (Å²) in [6.45, 7) is 3.02. The lowest BCUT2D eigenvalue weighted by molar-refractivity contribution is -0.383. The fourth-order valence-electron chi connectivity index (χ4n) is 2.37. The standard InChI is InChI=1S/C19H19ClN2O6/c1-12(2)14-5-3-4-6-17(14)27-11-19(24)28-10-18(23)21-15-9-13(20)7-8-16(15)22(25)26/h3-9,12H,10-11H2,1-2H3,(H,21,23). The molecule has 9 heteroatoms. The van der Waals surface area contributed by atoms with Crippen LogP contribution in [0.5, 0.6) is 5.75 Å². The molecule has 2 aromatic carbocycles. The van der Waals surface area contributed by atoms with E-state index in [1.165, 1.54) is 18.2 Å². The maximum absolute atomic E-state index is 11.9. The number of ether oxygens (including phenoxy) is 2. The van der Waals surface area contributed by atoms with E-state index in [1.807, 2.05) is 26.0 Å². The van der Waals surface area contributed by atoms with Gasteiger partial charge in [0.25, 0.3) is 11.6 Å². The molecule has 0 aliphatic rings. The number of anilines is 1. The molecule has 28 heavy (non-hydrogen) atoms. The Kier molecular flexibility index (Phi) is 7.34. The molecule has 0 spiro atoms. The molecule has 0 unspecified atom stereocenters. The van der Waals surface area contributed by atoms with Crippen molar-refractivity contribution in [2.75, 3.05) is 18.5 Å². The van der Waals surface area contributed by atoms with E-state index in [0.29, 0.717) is 5.75 Å². The van der Waals surface area contributed by atoms with E-state index in [1.54, 1.807) is 12.1 Å². The van der Waals surface area contributed by atoms with Crippen LogP contribution in [0, 0.1) is 10.1 Å². The number of nitrogens with zero attached hydrogens (tertiary/aromatic N) is 1. The molecule has 0 saturated carbocycles. The highest BCUT2D eigenvalue weighted by Gasteiger charge is 2.17. The zero-order valence-electron chi connectivity index (χ0n) is 15.3. The second-order valence-electron chi connectivity index (χ2n) is 6.11. The van der Waals surface area contributed by atoms with Crippen molar-refractivity contribution in [3.05, 3.63) is 63.2 Å². The Hall–Kier alpha value is -3.13. The van der Waals surface area contributed by atoms with Crippen LogP contribution in [-0.4, -0.2) is 30.0 Å². The van der Waals surface area contributed by atoms with E-state index < -0.39 is 23.4 Å². The van der Waals surface area contributed by atoms with Crippen LogP contribution in [0.3, 0.4) is 0 Å². The quantitative estimate of drug-likeness (QED) is 0.404. The predicted molar refractivity (Wildman–Crippen MR) is 104 cm³/mol. The SMILES string of the molecule is CC(C)c1ccccc1OCC(=O)OCC(=O)Nc1cc(Cl)ccc1[N+](=O)[O-]. The number of para-hydroxylation sites is 1. The number of hydrogen-bond acceptors (Lipinski definition) is 6. The fraction of sp³-hybridized carbons (Fsp3) is 0.263. The Morgan fingerprint density at radius 2 is 1.89 bits per heavy atom. The summed E-state index contributed by atoms with van der Waals surface area (Å²) in [5.74, 6) is -0.699. The predicted octanol–water partition coefficient (Wildman–Crippen LogP) is 3.93. The number of carbonyl (C=O) groups excluding carboxylic acids is 2. The van der Waals surface area contributed by atoms with Crippen LogP contribution in [0.4, 0.5) is 11.4 Å². The molecule has 8 nitrogen and oxygen atoms in total. The maximum atomic E-state index is 11.9. The summed E-state index contributed by atoms with van der Waals surface area (Å²) >= 11 is 5.79. The van der Waals surface area contributed by atoms with Crippen molar-refractivity contribution in [3.8, 4) is 5.75 Å². The summed E-state index contributed by atoms with van der Waals surface area (Å²) in [7, 11) is 0. The van der Waals surface area contributed by atoms with Gasteiger partial charge in [0.1, 0.15) is 11.4 Å². The Morgan fingerprint density at radius 1 is 1.18 bits per heavy atom. The highest BCUT2D eigenvalue weighted by molar-refractivity contribution is 6.31. The molecule has 0 aromatic heterocycles. The fourth-order valence-corrected chi connectivity index (χ4v) is 2.54. The van der Waals surface area contributed by atoms with E-state index in [2.05, 4.69) is 5.32 Å². The number of nitrogens with one attached hydrogen (secondary N) is 1. The summed E-state index contributed by atoms with van der Waals surface area (Å²) in [6, 6.07) is 11.1. The van der Waals surface area contributed by atoms with Gasteiger partial charge < -0.3 is 14.8 Å². The molecule has 2 rings (SSSR count). The second kappa shape index (κ2) is 9.70. The maximum Gasteiger partial charge on any atom is 0.344 e. The van der Waals surface area contributed by atoms with Gasteiger partial charge in [0.2, 0.25) is 0 Å². The molecule has 0 aliphatic carbocycles. The molecular weight excluding hydrogens is 388 g/mol. The minimum absolute atomic E-state index is 0.0827. The lowest BCUT2D eigenvalue weighted by atomic mass is 10.0. The van der Waals surface area contributed by atoms with Crippen LogP contribution in [0.1, 0.15) is 25.3 Å². The van der Waals surface area contributed by atoms with Gasteiger partial charge in [-0.1, -0.05) is 43.6 Å². The Labute approximate surface area is 166 Å². The third kappa shape index (κ3) is 5.95. The lowest BCUT2D eigenvalue weighted by Crippen LogP contribution is -2.24. The summed E-state index contributed by atoms with van der Waals surface area (Å²) in [5, 5.41) is 13.5. The van der Waals surface area contributed by atoms with Crippen molar-refractivity contribution in [1.82, 2.24) is 0 Å². The van der Waals surface area contributed by atoms with E-state index in [4.69, 9.17) is 21.1 Å². The van der Waals surface area contributed by atoms with Crippen molar-refractivity contribution in [1.29, 1.82) is 0 Å². The van der Waals surface area contributed by atoms with Gasteiger partial charge >= 0.3 is 5.97 Å². The van der Waals surface area contributed by atoms with Crippen LogP contribution in [0.15, 0.2) is 42.5 Å². The van der Waals surface area contributed by atoms with Crippen molar-refractivity contribution in [2.24, 2.45) is 0 Å². The summed E-state index contributed by atoms with van der Waals surface area (Å²) in [5.41, 5.74) is 0.541. The summed E-state index contributed by atoms with van der Waals surface area (Å²) < 4.78 is 10.3. The Morgan fingerprint density at radius 3 is 2.57 bits per heavy atom. The molecule has 2 aromatic rings. The van der Waals surface area contributed by atoms with Crippen molar-refractivity contribution in [3.63, 3.8) is 0 Å². The van der Waals surface area contributed by atoms with Gasteiger partial charge in [-0.05, 0) is 29.7 Å². The number of nitro groups is 1. The minimum atomic E-state index is -0.741. The van der Waals surface area contributed by atoms with Gasteiger partial charge in [-0.25, -0.2) is 4.79 Å². The van der Waals surface area contributed by atoms with Gasteiger partial charge in [0.15, 0.2) is 13.2 Å². The van der Waals surface area contributed by atoms with Gasteiger partial charge in [-0.3, -0.25) is 14.9 Å². The average Bonchev–Trinajstić information content (AvgIpc) is 2.64. The highest BCUT2D eigenvalue weighted by Crippen LogP contribution is 2.28. The third-order valence-electron chi connectivity index (χ3n) is 3.68. The van der Waals surface area contributed by atoms with Gasteiger partial charge in [-0.2, -0.15) is 0 Å². The van der Waals surface area contributed by atoms with Crippen LogP contribution in [0.2, 0.25) is 5.02 Å². The smallest absolute Gasteiger partial charge is 0.344 e. The first-order chi connectivity index (χ1) is 13.3. The average molecular weight is 407 g/mol. The number of esters is 1. The van der Waals surface area contributed by atoms with E-state index in [-0.39, 0.29) is 28.9 Å². The van der Waals surface area contributed by atoms with Crippen molar-refractivity contribution >= 4 is 34.9 Å². The van der Waals surface area contributed by atoms with Gasteiger partial charge in [0.05, 0.1) is 4.92 Å². The summed E-state index contributed by atoms with van der Waals surface area (Å²) in [6.07, 6.45) is 0. The number of hydrogen-bond donors (Lipinski definition) is 1. The first kappa shape index (κ1) is 21.2. The Bertz CT molecular complexity index is 884. The lowest BCUT2D eigenvalue weighted by Gasteiger charge is -2.13. The van der Waals surface area contributed by atoms with Crippen LogP contribution < -0.4 is 10.1 Å². The van der Waals surface area contributed by atoms with Crippen LogP contribution in [-0.2, 0) is 14.3 Å². The largest absolute Gasteiger partial charge is 0.482 e. The molecular formula is C19H19ClN2O6. The van der Waals surface area contributed by atoms with Crippen LogP contribution >= 0.6 is 11.6 Å². The number of amides is 1. The molecule has 0 radical (unpaired) electrons. The molecule has 1 amide bonds. The topological polar surface area (TPSA) is 108 Å². The molecule has 1 N–H and O–H groups in total.